The van der Waals surface area contributed by atoms with Crippen molar-refractivity contribution in [3.63, 3.8) is 0 Å². The van der Waals surface area contributed by atoms with Gasteiger partial charge in [-0.25, -0.2) is 4.79 Å². The largest absolute Gasteiger partial charge is 0.496 e. The van der Waals surface area contributed by atoms with Gasteiger partial charge in [0.15, 0.2) is 5.06 Å². The smallest absolute Gasteiger partial charge is 0.320 e. The Morgan fingerprint density at radius 1 is 1.03 bits per heavy atom. The molecule has 190 valence electrons. The first kappa shape index (κ1) is 24.4. The average molecular weight is 498 g/mol. The van der Waals surface area contributed by atoms with Crippen molar-refractivity contribution < 1.29 is 14.3 Å². The molecule has 0 atom stereocenters. The molecule has 7 heteroatoms. The second kappa shape index (κ2) is 11.7. The molecular formula is C28H39N3O3S. The van der Waals surface area contributed by atoms with Crippen molar-refractivity contribution in [2.24, 2.45) is 0 Å². The lowest BCUT2D eigenvalue weighted by molar-refractivity contribution is 0.135. The van der Waals surface area contributed by atoms with Gasteiger partial charge in [0.25, 0.3) is 0 Å². The first-order valence-electron chi connectivity index (χ1n) is 13.3. The monoisotopic (exact) mass is 497 g/mol. The molecule has 6 nitrogen and oxygen atoms in total. The number of methoxy groups -OCH3 is 1. The van der Waals surface area contributed by atoms with Crippen molar-refractivity contribution in [3.8, 4) is 10.8 Å². The number of carbonyl (C=O) groups is 1. The van der Waals surface area contributed by atoms with Gasteiger partial charge in [0.05, 0.1) is 13.7 Å². The van der Waals surface area contributed by atoms with Crippen molar-refractivity contribution in [1.29, 1.82) is 0 Å². The summed E-state index contributed by atoms with van der Waals surface area (Å²) in [4.78, 5) is 21.3. The van der Waals surface area contributed by atoms with Gasteiger partial charge in [-0.15, -0.1) is 11.3 Å². The molecule has 1 aromatic carbocycles. The Hall–Kier alpha value is -2.25. The number of carbonyl (C=O) groups excluding carboxylic acids is 1. The van der Waals surface area contributed by atoms with Gasteiger partial charge in [0.2, 0.25) is 0 Å². The summed E-state index contributed by atoms with van der Waals surface area (Å²) in [6, 6.07) is 10.7. The van der Waals surface area contributed by atoms with Crippen LogP contribution in [0.2, 0.25) is 0 Å². The molecule has 0 aliphatic carbocycles. The van der Waals surface area contributed by atoms with E-state index in [2.05, 4.69) is 23.1 Å². The summed E-state index contributed by atoms with van der Waals surface area (Å²) in [7, 11) is 1.73. The van der Waals surface area contributed by atoms with E-state index in [1.807, 2.05) is 21.9 Å². The molecule has 2 aromatic rings. The van der Waals surface area contributed by atoms with Crippen molar-refractivity contribution in [3.05, 3.63) is 46.3 Å². The van der Waals surface area contributed by atoms with Crippen molar-refractivity contribution >= 4 is 17.4 Å². The highest BCUT2D eigenvalue weighted by molar-refractivity contribution is 7.14. The normalized spacial score (nSPS) is 19.5. The number of para-hydroxylation sites is 1. The number of nitrogens with zero attached hydrogens (tertiary/aromatic N) is 3. The molecule has 0 radical (unpaired) electrons. The number of amides is 2. The van der Waals surface area contributed by atoms with Crippen LogP contribution < -0.4 is 9.47 Å². The van der Waals surface area contributed by atoms with Crippen LogP contribution in [0.25, 0.3) is 0 Å². The number of benzene rings is 1. The number of piperidine rings is 2. The summed E-state index contributed by atoms with van der Waals surface area (Å²) in [5.74, 6) is 1.41. The maximum Gasteiger partial charge on any atom is 0.320 e. The first-order valence-corrected chi connectivity index (χ1v) is 14.2. The summed E-state index contributed by atoms with van der Waals surface area (Å²) >= 11 is 1.77. The third-order valence-corrected chi connectivity index (χ3v) is 8.92. The standard InChI is InChI=1S/C28H39N3O3S/c1-33-25-9-4-3-8-24(25)22-10-16-30(17-11-22)28(32)31-18-12-26-23(21-31)20-27(35-26)34-19-7-15-29-13-5-2-6-14-29/h3-4,8-9,20,22H,2,5-7,10-19,21H2,1H3. The molecule has 0 unspecified atom stereocenters. The average Bonchev–Trinajstić information content (AvgIpc) is 3.33. The third kappa shape index (κ3) is 5.95. The van der Waals surface area contributed by atoms with Crippen LogP contribution in [0.15, 0.2) is 30.3 Å². The second-order valence-corrected chi connectivity index (χ2v) is 11.2. The third-order valence-electron chi connectivity index (χ3n) is 7.77. The zero-order valence-corrected chi connectivity index (χ0v) is 21.9. The summed E-state index contributed by atoms with van der Waals surface area (Å²) in [5, 5.41) is 1.01. The van der Waals surface area contributed by atoms with E-state index in [1.165, 1.54) is 48.4 Å². The quantitative estimate of drug-likeness (QED) is 0.483. The number of thiophene rings is 1. The predicted octanol–water partition coefficient (Wildman–Crippen LogP) is 5.37. The minimum Gasteiger partial charge on any atom is -0.496 e. The molecule has 5 rings (SSSR count). The Labute approximate surface area is 213 Å². The van der Waals surface area contributed by atoms with Gasteiger partial charge in [-0.3, -0.25) is 0 Å². The van der Waals surface area contributed by atoms with Gasteiger partial charge in [-0.05, 0) is 80.8 Å². The number of likely N-dealkylation sites (tertiary alicyclic amines) is 2. The zero-order valence-electron chi connectivity index (χ0n) is 21.0. The molecule has 0 bridgehead atoms. The van der Waals surface area contributed by atoms with Gasteiger partial charge in [-0.1, -0.05) is 24.6 Å². The van der Waals surface area contributed by atoms with Gasteiger partial charge in [-0.2, -0.15) is 0 Å². The first-order chi connectivity index (χ1) is 17.2. The van der Waals surface area contributed by atoms with Crippen LogP contribution in [-0.4, -0.2) is 73.7 Å². The Balaban J connectivity index is 1.09. The Kier molecular flexibility index (Phi) is 8.14. The van der Waals surface area contributed by atoms with Crippen LogP contribution in [-0.2, 0) is 13.0 Å². The van der Waals surface area contributed by atoms with E-state index in [0.29, 0.717) is 12.5 Å². The number of urea groups is 1. The minimum atomic E-state index is 0.185. The van der Waals surface area contributed by atoms with E-state index in [4.69, 9.17) is 9.47 Å². The lowest BCUT2D eigenvalue weighted by atomic mass is 9.89. The lowest BCUT2D eigenvalue weighted by Crippen LogP contribution is -2.47. The number of fused-ring (bicyclic) bond motifs is 1. The highest BCUT2D eigenvalue weighted by Gasteiger charge is 2.30. The number of hydrogen-bond donors (Lipinski definition) is 0. The van der Waals surface area contributed by atoms with E-state index in [1.54, 1.807) is 18.4 Å². The molecule has 3 aliphatic rings. The van der Waals surface area contributed by atoms with Crippen LogP contribution in [0.5, 0.6) is 10.8 Å². The van der Waals surface area contributed by atoms with Crippen LogP contribution in [0.4, 0.5) is 4.79 Å². The fourth-order valence-corrected chi connectivity index (χ4v) is 6.80. The molecular weight excluding hydrogens is 458 g/mol. The number of ether oxygens (including phenoxy) is 2. The highest BCUT2D eigenvalue weighted by Crippen LogP contribution is 2.36. The van der Waals surface area contributed by atoms with Gasteiger partial charge >= 0.3 is 6.03 Å². The van der Waals surface area contributed by atoms with Gasteiger partial charge in [0.1, 0.15) is 5.75 Å². The van der Waals surface area contributed by atoms with Crippen LogP contribution in [0, 0.1) is 0 Å². The fraction of sp³-hybridized carbons (Fsp3) is 0.607. The summed E-state index contributed by atoms with van der Waals surface area (Å²) in [5.41, 5.74) is 2.54. The van der Waals surface area contributed by atoms with Crippen LogP contribution >= 0.6 is 11.3 Å². The molecule has 0 spiro atoms. The molecule has 2 amide bonds. The summed E-state index contributed by atoms with van der Waals surface area (Å²) < 4.78 is 11.7. The maximum atomic E-state index is 13.3. The molecule has 3 aliphatic heterocycles. The molecule has 0 saturated carbocycles. The molecule has 1 aromatic heterocycles. The minimum absolute atomic E-state index is 0.185. The highest BCUT2D eigenvalue weighted by atomic mass is 32.1. The van der Waals surface area contributed by atoms with Crippen molar-refractivity contribution in [2.75, 3.05) is 53.0 Å². The van der Waals surface area contributed by atoms with E-state index in [9.17, 15) is 4.79 Å². The number of rotatable bonds is 7. The molecule has 4 heterocycles. The van der Waals surface area contributed by atoms with Gasteiger partial charge in [0, 0.05) is 37.6 Å². The maximum absolute atomic E-state index is 13.3. The van der Waals surface area contributed by atoms with E-state index in [0.717, 1.165) is 69.3 Å². The van der Waals surface area contributed by atoms with Crippen LogP contribution in [0.1, 0.15) is 60.4 Å². The Morgan fingerprint density at radius 2 is 1.83 bits per heavy atom. The van der Waals surface area contributed by atoms with Crippen LogP contribution in [0.3, 0.4) is 0 Å². The topological polar surface area (TPSA) is 45.3 Å². The predicted molar refractivity (Wildman–Crippen MR) is 141 cm³/mol. The second-order valence-electron chi connectivity index (χ2n) is 10.1. The zero-order chi connectivity index (χ0) is 24.0. The molecule has 2 saturated heterocycles. The van der Waals surface area contributed by atoms with Crippen molar-refractivity contribution in [1.82, 2.24) is 14.7 Å². The van der Waals surface area contributed by atoms with E-state index < -0.39 is 0 Å². The summed E-state index contributed by atoms with van der Waals surface area (Å²) in [6.07, 6.45) is 8.05. The summed E-state index contributed by atoms with van der Waals surface area (Å²) in [6.45, 7) is 7.52. The lowest BCUT2D eigenvalue weighted by Gasteiger charge is -2.37. The van der Waals surface area contributed by atoms with Crippen molar-refractivity contribution in [2.45, 2.75) is 57.4 Å². The molecule has 2 fully saturated rings. The number of hydrogen-bond acceptors (Lipinski definition) is 5. The van der Waals surface area contributed by atoms with E-state index >= 15 is 0 Å². The van der Waals surface area contributed by atoms with E-state index in [-0.39, 0.29) is 6.03 Å². The fourth-order valence-electron chi connectivity index (χ4n) is 5.77. The Bertz CT molecular complexity index is 980. The Morgan fingerprint density at radius 3 is 2.63 bits per heavy atom. The molecule has 35 heavy (non-hydrogen) atoms. The SMILES string of the molecule is COc1ccccc1C1CCN(C(=O)N2CCc3sc(OCCCN4CCCCC4)cc3C2)CC1. The molecule has 0 N–H and O–H groups in total. The van der Waals surface area contributed by atoms with Gasteiger partial charge < -0.3 is 24.2 Å².